The van der Waals surface area contributed by atoms with Crippen molar-refractivity contribution in [3.05, 3.63) is 22.7 Å². The Bertz CT molecular complexity index is 692. The lowest BCUT2D eigenvalue weighted by molar-refractivity contribution is -0.147. The summed E-state index contributed by atoms with van der Waals surface area (Å²) in [6, 6.07) is 0. The van der Waals surface area contributed by atoms with Crippen LogP contribution in [-0.2, 0) is 19.3 Å². The number of halogens is 3. The number of ketones is 1. The molecule has 0 unspecified atom stereocenters. The van der Waals surface area contributed by atoms with Crippen molar-refractivity contribution in [1.82, 2.24) is 19.7 Å². The molecule has 21 heavy (non-hydrogen) atoms. The van der Waals surface area contributed by atoms with Crippen molar-refractivity contribution in [2.45, 2.75) is 26.2 Å². The highest BCUT2D eigenvalue weighted by Gasteiger charge is 2.39. The largest absolute Gasteiger partial charge is 0.451 e. The maximum Gasteiger partial charge on any atom is 0.451 e. The van der Waals surface area contributed by atoms with Crippen LogP contribution in [0.5, 0.6) is 0 Å². The summed E-state index contributed by atoms with van der Waals surface area (Å²) in [5.74, 6) is -0.813. The van der Waals surface area contributed by atoms with Gasteiger partial charge in [-0.05, 0) is 0 Å². The Kier molecular flexibility index (Phi) is 3.19. The van der Waals surface area contributed by atoms with Crippen LogP contribution in [0.2, 0.25) is 0 Å². The quantitative estimate of drug-likeness (QED) is 0.793. The molecule has 1 aliphatic heterocycles. The third-order valence-electron chi connectivity index (χ3n) is 3.12. The van der Waals surface area contributed by atoms with Crippen molar-refractivity contribution in [2.24, 2.45) is 0 Å². The number of Topliss-reactive ketones (excluding diaryl/α,β-unsaturated/α-hetero) is 1. The number of hydrogen-bond donors (Lipinski definition) is 0. The molecule has 0 saturated heterocycles. The summed E-state index contributed by atoms with van der Waals surface area (Å²) < 4.78 is 39.3. The van der Waals surface area contributed by atoms with Gasteiger partial charge in [0.25, 0.3) is 0 Å². The zero-order chi connectivity index (χ0) is 15.2. The first-order chi connectivity index (χ1) is 9.86. The molecule has 0 N–H and O–H groups in total. The lowest BCUT2D eigenvalue weighted by Crippen LogP contribution is -2.35. The van der Waals surface area contributed by atoms with E-state index < -0.39 is 12.0 Å². The van der Waals surface area contributed by atoms with E-state index in [9.17, 15) is 18.0 Å². The van der Waals surface area contributed by atoms with E-state index in [1.807, 2.05) is 0 Å². The van der Waals surface area contributed by atoms with Crippen LogP contribution >= 0.6 is 11.3 Å². The van der Waals surface area contributed by atoms with Crippen molar-refractivity contribution in [3.8, 4) is 0 Å². The molecule has 0 saturated carbocycles. The fraction of sp³-hybridized carbons (Fsp3) is 0.455. The van der Waals surface area contributed by atoms with E-state index in [2.05, 4.69) is 15.2 Å². The number of alkyl halides is 3. The van der Waals surface area contributed by atoms with Gasteiger partial charge in [0.15, 0.2) is 16.7 Å². The summed E-state index contributed by atoms with van der Waals surface area (Å²) in [7, 11) is 0. The van der Waals surface area contributed by atoms with Gasteiger partial charge >= 0.3 is 6.18 Å². The van der Waals surface area contributed by atoms with Crippen molar-refractivity contribution in [2.75, 3.05) is 11.4 Å². The Morgan fingerprint density at radius 3 is 2.71 bits per heavy atom. The summed E-state index contributed by atoms with van der Waals surface area (Å²) in [5.41, 5.74) is 0. The van der Waals surface area contributed by atoms with E-state index in [4.69, 9.17) is 0 Å². The first-order valence-corrected chi connectivity index (χ1v) is 6.89. The summed E-state index contributed by atoms with van der Waals surface area (Å²) in [5, 5.41) is 7.42. The monoisotopic (exact) mass is 317 g/mol. The Labute approximate surface area is 121 Å². The lowest BCUT2D eigenvalue weighted by atomic mass is 10.3. The van der Waals surface area contributed by atoms with Crippen molar-refractivity contribution in [1.29, 1.82) is 0 Å². The van der Waals surface area contributed by atoms with E-state index in [-0.39, 0.29) is 24.7 Å². The van der Waals surface area contributed by atoms with E-state index in [0.29, 0.717) is 16.6 Å². The number of anilines is 1. The molecular formula is C11H10F3N5OS. The topological polar surface area (TPSA) is 63.9 Å². The molecule has 6 nitrogen and oxygen atoms in total. The number of rotatable bonds is 2. The molecule has 0 aliphatic carbocycles. The Morgan fingerprint density at radius 1 is 1.33 bits per heavy atom. The number of hydrogen-bond acceptors (Lipinski definition) is 6. The van der Waals surface area contributed by atoms with Gasteiger partial charge in [0.05, 0.1) is 17.6 Å². The van der Waals surface area contributed by atoms with Crippen LogP contribution < -0.4 is 4.90 Å². The van der Waals surface area contributed by atoms with Gasteiger partial charge in [0, 0.05) is 20.0 Å². The van der Waals surface area contributed by atoms with Crippen LogP contribution in [0.25, 0.3) is 0 Å². The number of fused-ring (bicyclic) bond motifs is 1. The summed E-state index contributed by atoms with van der Waals surface area (Å²) in [6.07, 6.45) is -3.03. The van der Waals surface area contributed by atoms with E-state index >= 15 is 0 Å². The fourth-order valence-corrected chi connectivity index (χ4v) is 2.94. The maximum atomic E-state index is 12.7. The number of aromatic nitrogens is 4. The molecule has 0 amide bonds. The van der Waals surface area contributed by atoms with E-state index in [1.54, 1.807) is 4.90 Å². The van der Waals surface area contributed by atoms with Crippen LogP contribution in [0, 0.1) is 0 Å². The van der Waals surface area contributed by atoms with Gasteiger partial charge < -0.3 is 9.47 Å². The molecule has 0 aromatic carbocycles. The van der Waals surface area contributed by atoms with Crippen molar-refractivity contribution < 1.29 is 18.0 Å². The molecule has 1 aliphatic rings. The van der Waals surface area contributed by atoms with Gasteiger partial charge in [-0.1, -0.05) is 11.3 Å². The number of carbonyl (C=O) groups is 1. The van der Waals surface area contributed by atoms with Crippen LogP contribution in [0.3, 0.4) is 0 Å². The normalized spacial score (nSPS) is 15.1. The summed E-state index contributed by atoms with van der Waals surface area (Å²) in [6.45, 7) is 2.12. The molecule has 2 aromatic rings. The molecule has 0 fully saturated rings. The minimum absolute atomic E-state index is 0.0849. The minimum Gasteiger partial charge on any atom is -0.339 e. The highest BCUT2D eigenvalue weighted by molar-refractivity contribution is 7.17. The summed E-state index contributed by atoms with van der Waals surface area (Å²) >= 11 is 1.22. The van der Waals surface area contributed by atoms with Crippen LogP contribution in [0.4, 0.5) is 18.3 Å². The molecule has 3 rings (SSSR count). The number of nitrogens with zero attached hydrogens (tertiary/aromatic N) is 5. The second-order valence-corrected chi connectivity index (χ2v) is 5.58. The van der Waals surface area contributed by atoms with Gasteiger partial charge in [-0.15, -0.1) is 10.2 Å². The third kappa shape index (κ3) is 2.50. The molecule has 3 heterocycles. The molecule has 112 valence electrons. The van der Waals surface area contributed by atoms with Crippen molar-refractivity contribution >= 4 is 22.3 Å². The third-order valence-corrected chi connectivity index (χ3v) is 4.28. The Hall–Kier alpha value is -1.97. The average molecular weight is 317 g/mol. The first-order valence-electron chi connectivity index (χ1n) is 6.07. The van der Waals surface area contributed by atoms with Gasteiger partial charge in [-0.2, -0.15) is 13.2 Å². The average Bonchev–Trinajstić information content (AvgIpc) is 3.04. The van der Waals surface area contributed by atoms with Gasteiger partial charge in [-0.3, -0.25) is 4.79 Å². The molecular weight excluding hydrogens is 307 g/mol. The van der Waals surface area contributed by atoms with Gasteiger partial charge in [-0.25, -0.2) is 4.98 Å². The SMILES string of the molecule is CC(=O)c1cnc(N2CCn3c(nnc3C(F)(F)F)C2)s1. The maximum absolute atomic E-state index is 12.7. The highest BCUT2D eigenvalue weighted by atomic mass is 32.1. The zero-order valence-electron chi connectivity index (χ0n) is 10.9. The highest BCUT2D eigenvalue weighted by Crippen LogP contribution is 2.31. The lowest BCUT2D eigenvalue weighted by Gasteiger charge is -2.27. The number of thiazole rings is 1. The predicted octanol–water partition coefficient (Wildman–Crippen LogP) is 1.98. The molecule has 2 aromatic heterocycles. The van der Waals surface area contributed by atoms with Crippen LogP contribution in [-0.4, -0.2) is 32.1 Å². The second kappa shape index (κ2) is 4.79. The molecule has 0 spiro atoms. The van der Waals surface area contributed by atoms with Crippen molar-refractivity contribution in [3.63, 3.8) is 0 Å². The molecule has 0 radical (unpaired) electrons. The van der Waals surface area contributed by atoms with Gasteiger partial charge in [0.2, 0.25) is 5.82 Å². The molecule has 10 heteroatoms. The Balaban J connectivity index is 1.85. The number of carbonyl (C=O) groups excluding carboxylic acids is 1. The smallest absolute Gasteiger partial charge is 0.339 e. The minimum atomic E-state index is -4.50. The molecule has 0 atom stereocenters. The van der Waals surface area contributed by atoms with Crippen LogP contribution in [0.1, 0.15) is 28.2 Å². The van der Waals surface area contributed by atoms with E-state index in [0.717, 1.165) is 4.57 Å². The standard InChI is InChI=1S/C11H10F3N5OS/c1-6(20)7-4-15-10(21-7)18-2-3-19-8(5-18)16-17-9(19)11(12,13)14/h4H,2-3,5H2,1H3. The molecule has 0 bridgehead atoms. The second-order valence-electron chi connectivity index (χ2n) is 4.57. The van der Waals surface area contributed by atoms with Gasteiger partial charge in [0.1, 0.15) is 0 Å². The fourth-order valence-electron chi connectivity index (χ4n) is 2.10. The van der Waals surface area contributed by atoms with E-state index in [1.165, 1.54) is 24.5 Å². The predicted molar refractivity (Wildman–Crippen MR) is 68.2 cm³/mol. The summed E-state index contributed by atoms with van der Waals surface area (Å²) in [4.78, 5) is 17.7. The van der Waals surface area contributed by atoms with Crippen LogP contribution in [0.15, 0.2) is 6.20 Å². The zero-order valence-corrected chi connectivity index (χ0v) is 11.7. The Morgan fingerprint density at radius 2 is 2.10 bits per heavy atom. The first kappa shape index (κ1) is 14.0.